The fraction of sp³-hybridized carbons (Fsp3) is 0.769. The fourth-order valence-electron chi connectivity index (χ4n) is 1.91. The Hall–Kier alpha value is -0.700. The average Bonchev–Trinajstić information content (AvgIpc) is 2.26. The second-order valence-electron chi connectivity index (χ2n) is 5.53. The molecule has 0 unspecified atom stereocenters. The van der Waals surface area contributed by atoms with Crippen LogP contribution in [-0.4, -0.2) is 35.6 Å². The lowest BCUT2D eigenvalue weighted by Gasteiger charge is -2.33. The molecule has 0 N–H and O–H groups in total. The summed E-state index contributed by atoms with van der Waals surface area (Å²) in [7, 11) is 0. The van der Waals surface area contributed by atoms with Crippen LogP contribution in [-0.2, 0) is 4.74 Å². The van der Waals surface area contributed by atoms with Gasteiger partial charge in [-0.3, -0.25) is 0 Å². The molecule has 17 heavy (non-hydrogen) atoms. The quantitative estimate of drug-likeness (QED) is 0.562. The van der Waals surface area contributed by atoms with E-state index in [4.69, 9.17) is 16.3 Å². The molecule has 4 heteroatoms. The molecule has 0 saturated carbocycles. The Morgan fingerprint density at radius 2 is 1.94 bits per heavy atom. The molecule has 1 rings (SSSR count). The van der Waals surface area contributed by atoms with Crippen LogP contribution in [0.4, 0.5) is 4.79 Å². The number of ether oxygens (including phenoxy) is 1. The Bertz CT molecular complexity index is 288. The van der Waals surface area contributed by atoms with E-state index >= 15 is 0 Å². The van der Waals surface area contributed by atoms with Gasteiger partial charge in [-0.2, -0.15) is 0 Å². The normalized spacial score (nSPS) is 18.0. The van der Waals surface area contributed by atoms with Crippen LogP contribution in [0, 0.1) is 5.92 Å². The van der Waals surface area contributed by atoms with E-state index in [1.165, 1.54) is 0 Å². The summed E-state index contributed by atoms with van der Waals surface area (Å²) < 4.78 is 5.34. The van der Waals surface area contributed by atoms with Crippen molar-refractivity contribution in [3.05, 3.63) is 12.2 Å². The number of amides is 1. The van der Waals surface area contributed by atoms with Gasteiger partial charge in [0.2, 0.25) is 0 Å². The number of carbonyl (C=O) groups excluding carboxylic acids is 1. The number of hydrogen-bond donors (Lipinski definition) is 0. The molecule has 0 aliphatic carbocycles. The van der Waals surface area contributed by atoms with Crippen LogP contribution in [0.1, 0.15) is 33.6 Å². The molecule has 0 radical (unpaired) electrons. The molecule has 0 aromatic rings. The molecule has 0 spiro atoms. The molecule has 0 aromatic heterocycles. The Morgan fingerprint density at radius 1 is 1.41 bits per heavy atom. The first kappa shape index (κ1) is 14.4. The first-order valence-corrected chi connectivity index (χ1v) is 6.58. The molecule has 1 fully saturated rings. The third-order valence-electron chi connectivity index (χ3n) is 2.90. The standard InChI is InChI=1S/C13H22ClNO2/c1-10(9-14)11-5-7-15(8-6-11)12(16)17-13(2,3)4/h11H,1,5-9H2,2-4H3. The Balaban J connectivity index is 2.42. The summed E-state index contributed by atoms with van der Waals surface area (Å²) in [6.45, 7) is 11.1. The number of rotatable bonds is 2. The van der Waals surface area contributed by atoms with E-state index in [0.29, 0.717) is 11.8 Å². The van der Waals surface area contributed by atoms with Crippen molar-refractivity contribution in [3.8, 4) is 0 Å². The Morgan fingerprint density at radius 3 is 2.35 bits per heavy atom. The van der Waals surface area contributed by atoms with Crippen LogP contribution in [0.2, 0.25) is 0 Å². The van der Waals surface area contributed by atoms with Gasteiger partial charge in [-0.1, -0.05) is 12.2 Å². The molecular formula is C13H22ClNO2. The number of allylic oxidation sites excluding steroid dienone is 1. The van der Waals surface area contributed by atoms with Gasteiger partial charge in [-0.05, 0) is 39.5 Å². The largest absolute Gasteiger partial charge is 0.444 e. The molecule has 3 nitrogen and oxygen atoms in total. The van der Waals surface area contributed by atoms with Crippen molar-refractivity contribution in [1.29, 1.82) is 0 Å². The molecule has 0 atom stereocenters. The van der Waals surface area contributed by atoms with Crippen molar-refractivity contribution in [2.45, 2.75) is 39.2 Å². The van der Waals surface area contributed by atoms with Gasteiger partial charge in [-0.25, -0.2) is 4.79 Å². The first-order valence-electron chi connectivity index (χ1n) is 6.05. The molecular weight excluding hydrogens is 238 g/mol. The lowest BCUT2D eigenvalue weighted by Crippen LogP contribution is -2.42. The van der Waals surface area contributed by atoms with Crippen molar-refractivity contribution < 1.29 is 9.53 Å². The van der Waals surface area contributed by atoms with Crippen molar-refractivity contribution >= 4 is 17.7 Å². The zero-order valence-electron chi connectivity index (χ0n) is 11.0. The highest BCUT2D eigenvalue weighted by atomic mass is 35.5. The fourth-order valence-corrected chi connectivity index (χ4v) is 2.12. The predicted molar refractivity (Wildman–Crippen MR) is 70.4 cm³/mol. The van der Waals surface area contributed by atoms with E-state index in [0.717, 1.165) is 31.5 Å². The third kappa shape index (κ3) is 4.58. The molecule has 1 heterocycles. The maximum atomic E-state index is 11.8. The van der Waals surface area contributed by atoms with E-state index in [1.54, 1.807) is 4.90 Å². The summed E-state index contributed by atoms with van der Waals surface area (Å²) in [5, 5.41) is 0. The zero-order chi connectivity index (χ0) is 13.1. The Kier molecular flexibility index (Phi) is 4.87. The number of nitrogens with zero attached hydrogens (tertiary/aromatic N) is 1. The van der Waals surface area contributed by atoms with Crippen LogP contribution in [0.15, 0.2) is 12.2 Å². The third-order valence-corrected chi connectivity index (χ3v) is 3.24. The van der Waals surface area contributed by atoms with Gasteiger partial charge in [0.15, 0.2) is 0 Å². The van der Waals surface area contributed by atoms with E-state index in [1.807, 2.05) is 20.8 Å². The minimum Gasteiger partial charge on any atom is -0.444 e. The summed E-state index contributed by atoms with van der Waals surface area (Å²) in [5.41, 5.74) is 0.656. The van der Waals surface area contributed by atoms with Crippen LogP contribution in [0.25, 0.3) is 0 Å². The van der Waals surface area contributed by atoms with Gasteiger partial charge in [0.1, 0.15) is 5.60 Å². The number of alkyl halides is 1. The van der Waals surface area contributed by atoms with E-state index in [2.05, 4.69) is 6.58 Å². The number of carbonyl (C=O) groups is 1. The smallest absolute Gasteiger partial charge is 0.410 e. The van der Waals surface area contributed by atoms with Gasteiger partial charge >= 0.3 is 6.09 Å². The number of likely N-dealkylation sites (tertiary alicyclic amines) is 1. The van der Waals surface area contributed by atoms with Crippen LogP contribution >= 0.6 is 11.6 Å². The molecule has 1 aliphatic rings. The summed E-state index contributed by atoms with van der Waals surface area (Å²) in [4.78, 5) is 13.6. The van der Waals surface area contributed by atoms with Crippen molar-refractivity contribution in [1.82, 2.24) is 4.90 Å². The van der Waals surface area contributed by atoms with E-state index in [-0.39, 0.29) is 6.09 Å². The summed E-state index contributed by atoms with van der Waals surface area (Å²) in [6.07, 6.45) is 1.66. The summed E-state index contributed by atoms with van der Waals surface area (Å²) in [5.74, 6) is 0.961. The average molecular weight is 260 g/mol. The second-order valence-corrected chi connectivity index (χ2v) is 5.80. The SMILES string of the molecule is C=C(CCl)C1CCN(C(=O)OC(C)(C)C)CC1. The van der Waals surface area contributed by atoms with Gasteiger partial charge in [0.05, 0.1) is 0 Å². The Labute approximate surface area is 109 Å². The molecule has 98 valence electrons. The highest BCUT2D eigenvalue weighted by Crippen LogP contribution is 2.25. The second kappa shape index (κ2) is 5.76. The zero-order valence-corrected chi connectivity index (χ0v) is 11.7. The minimum atomic E-state index is -0.423. The number of halogens is 1. The van der Waals surface area contributed by atoms with Gasteiger partial charge < -0.3 is 9.64 Å². The van der Waals surface area contributed by atoms with Gasteiger partial charge in [0.25, 0.3) is 0 Å². The predicted octanol–water partition coefficient (Wildman–Crippen LogP) is 3.43. The topological polar surface area (TPSA) is 29.5 Å². The maximum Gasteiger partial charge on any atom is 0.410 e. The summed E-state index contributed by atoms with van der Waals surface area (Å²) in [6, 6.07) is 0. The van der Waals surface area contributed by atoms with E-state index < -0.39 is 5.60 Å². The summed E-state index contributed by atoms with van der Waals surface area (Å²) >= 11 is 5.77. The lowest BCUT2D eigenvalue weighted by atomic mass is 9.91. The molecule has 1 saturated heterocycles. The van der Waals surface area contributed by atoms with Crippen molar-refractivity contribution in [2.75, 3.05) is 19.0 Å². The van der Waals surface area contributed by atoms with Crippen molar-refractivity contribution in [3.63, 3.8) is 0 Å². The molecule has 0 bridgehead atoms. The highest BCUT2D eigenvalue weighted by molar-refractivity contribution is 6.19. The monoisotopic (exact) mass is 259 g/mol. The number of piperidine rings is 1. The van der Waals surface area contributed by atoms with Crippen LogP contribution in [0.3, 0.4) is 0 Å². The minimum absolute atomic E-state index is 0.215. The van der Waals surface area contributed by atoms with Crippen molar-refractivity contribution in [2.24, 2.45) is 5.92 Å². The molecule has 1 amide bonds. The van der Waals surface area contributed by atoms with Gasteiger partial charge in [-0.15, -0.1) is 11.6 Å². The molecule has 0 aromatic carbocycles. The van der Waals surface area contributed by atoms with E-state index in [9.17, 15) is 4.79 Å². The van der Waals surface area contributed by atoms with Crippen LogP contribution in [0.5, 0.6) is 0 Å². The van der Waals surface area contributed by atoms with Crippen LogP contribution < -0.4 is 0 Å². The number of hydrogen-bond acceptors (Lipinski definition) is 2. The maximum absolute atomic E-state index is 11.8. The van der Waals surface area contributed by atoms with Gasteiger partial charge in [0, 0.05) is 19.0 Å². The highest BCUT2D eigenvalue weighted by Gasteiger charge is 2.27. The molecule has 1 aliphatic heterocycles. The first-order chi connectivity index (χ1) is 7.83. The lowest BCUT2D eigenvalue weighted by molar-refractivity contribution is 0.0194.